The van der Waals surface area contributed by atoms with E-state index in [1.54, 1.807) is 26.1 Å². The first-order valence-corrected chi connectivity index (χ1v) is 11.6. The minimum atomic E-state index is -3.97. The monoisotopic (exact) mass is 483 g/mol. The number of anilines is 3. The van der Waals surface area contributed by atoms with Crippen LogP contribution in [0, 0.1) is 18.6 Å². The highest BCUT2D eigenvalue weighted by Crippen LogP contribution is 2.38. The Morgan fingerprint density at radius 1 is 1.16 bits per heavy atom. The molecule has 0 bridgehead atoms. The number of nitrogens with zero attached hydrogens (tertiary/aromatic N) is 3. The van der Waals surface area contributed by atoms with E-state index in [9.17, 15) is 22.0 Å². The molecule has 2 N–H and O–H groups in total. The molecule has 32 heavy (non-hydrogen) atoms. The summed E-state index contributed by atoms with van der Waals surface area (Å²) >= 11 is 6.28. The van der Waals surface area contributed by atoms with Crippen molar-refractivity contribution in [2.24, 2.45) is 7.05 Å². The molecule has 1 aliphatic heterocycles. The standard InChI is InChI=1S/C20H20ClF2N5O3S/c1-11-13(5-6-14-16(11)20(29)27(2)10-24-14)25-19-17(21)15(9-12(22)18(19)23)26-32(30,31)28-7-3-4-8-28/h5-6,9-10,25-26H,3-4,7-8H2,1-2H3. The lowest BCUT2D eigenvalue weighted by atomic mass is 10.1. The number of hydrogen-bond donors (Lipinski definition) is 2. The van der Waals surface area contributed by atoms with Crippen molar-refractivity contribution >= 4 is 49.8 Å². The van der Waals surface area contributed by atoms with Gasteiger partial charge in [0.05, 0.1) is 33.6 Å². The van der Waals surface area contributed by atoms with Gasteiger partial charge in [-0.3, -0.25) is 9.52 Å². The van der Waals surface area contributed by atoms with E-state index in [1.165, 1.54) is 15.2 Å². The first-order valence-electron chi connectivity index (χ1n) is 9.77. The predicted octanol–water partition coefficient (Wildman–Crippen LogP) is 3.67. The SMILES string of the molecule is Cc1c(Nc2c(F)c(F)cc(NS(=O)(=O)N3CCCC3)c2Cl)ccc2ncn(C)c(=O)c12. The number of hydrogen-bond acceptors (Lipinski definition) is 5. The van der Waals surface area contributed by atoms with Crippen LogP contribution in [0.4, 0.5) is 25.8 Å². The Bertz CT molecular complexity index is 1390. The summed E-state index contributed by atoms with van der Waals surface area (Å²) in [7, 11) is -2.42. The average molecular weight is 484 g/mol. The maximum Gasteiger partial charge on any atom is 0.301 e. The van der Waals surface area contributed by atoms with Crippen LogP contribution in [0.2, 0.25) is 5.02 Å². The second kappa shape index (κ2) is 8.30. The van der Waals surface area contributed by atoms with Gasteiger partial charge in [-0.2, -0.15) is 12.7 Å². The summed E-state index contributed by atoms with van der Waals surface area (Å²) in [5.41, 5.74) is 0.143. The number of rotatable bonds is 5. The minimum Gasteiger partial charge on any atom is -0.352 e. The van der Waals surface area contributed by atoms with E-state index in [-0.39, 0.29) is 16.3 Å². The van der Waals surface area contributed by atoms with Gasteiger partial charge in [0.2, 0.25) is 0 Å². The normalized spacial score (nSPS) is 14.8. The fourth-order valence-corrected chi connectivity index (χ4v) is 5.24. The molecule has 0 saturated carbocycles. The van der Waals surface area contributed by atoms with E-state index in [1.807, 2.05) is 0 Å². The molecule has 12 heteroatoms. The van der Waals surface area contributed by atoms with Crippen LogP contribution >= 0.6 is 11.6 Å². The van der Waals surface area contributed by atoms with Gasteiger partial charge in [-0.05, 0) is 37.5 Å². The Labute approximate surface area is 188 Å². The fourth-order valence-electron chi connectivity index (χ4n) is 3.64. The molecular weight excluding hydrogens is 464 g/mol. The lowest BCUT2D eigenvalue weighted by Gasteiger charge is -2.20. The van der Waals surface area contributed by atoms with Crippen LogP contribution in [0.25, 0.3) is 10.9 Å². The van der Waals surface area contributed by atoms with Crippen LogP contribution in [0.3, 0.4) is 0 Å². The van der Waals surface area contributed by atoms with E-state index in [0.717, 1.165) is 12.8 Å². The predicted molar refractivity (Wildman–Crippen MR) is 120 cm³/mol. The van der Waals surface area contributed by atoms with Gasteiger partial charge in [-0.15, -0.1) is 0 Å². The largest absolute Gasteiger partial charge is 0.352 e. The summed E-state index contributed by atoms with van der Waals surface area (Å²) in [5.74, 6) is -2.57. The van der Waals surface area contributed by atoms with Gasteiger partial charge in [-0.25, -0.2) is 13.8 Å². The van der Waals surface area contributed by atoms with Crippen molar-refractivity contribution in [3.05, 3.63) is 57.1 Å². The highest BCUT2D eigenvalue weighted by Gasteiger charge is 2.28. The van der Waals surface area contributed by atoms with Crippen molar-refractivity contribution in [1.82, 2.24) is 13.9 Å². The third-order valence-electron chi connectivity index (χ3n) is 5.41. The van der Waals surface area contributed by atoms with Crippen LogP contribution in [0.5, 0.6) is 0 Å². The van der Waals surface area contributed by atoms with Crippen LogP contribution < -0.4 is 15.6 Å². The molecule has 0 unspecified atom stereocenters. The molecule has 1 saturated heterocycles. The van der Waals surface area contributed by atoms with E-state index in [4.69, 9.17) is 11.6 Å². The molecule has 170 valence electrons. The number of aromatic nitrogens is 2. The molecule has 0 atom stereocenters. The number of nitrogens with one attached hydrogen (secondary N) is 2. The van der Waals surface area contributed by atoms with Gasteiger partial charge in [0.15, 0.2) is 11.6 Å². The van der Waals surface area contributed by atoms with Crippen molar-refractivity contribution in [2.45, 2.75) is 19.8 Å². The summed E-state index contributed by atoms with van der Waals surface area (Å²) < 4.78 is 58.9. The highest BCUT2D eigenvalue weighted by molar-refractivity contribution is 7.90. The molecule has 1 aliphatic rings. The van der Waals surface area contributed by atoms with Gasteiger partial charge >= 0.3 is 10.2 Å². The molecule has 0 spiro atoms. The molecule has 8 nitrogen and oxygen atoms in total. The second-order valence-corrected chi connectivity index (χ2v) is 9.59. The lowest BCUT2D eigenvalue weighted by Crippen LogP contribution is -2.33. The lowest BCUT2D eigenvalue weighted by molar-refractivity contribution is 0.482. The topological polar surface area (TPSA) is 96.3 Å². The molecule has 0 amide bonds. The zero-order valence-electron chi connectivity index (χ0n) is 17.2. The number of fused-ring (bicyclic) bond motifs is 1. The van der Waals surface area contributed by atoms with Gasteiger partial charge in [0.25, 0.3) is 5.56 Å². The van der Waals surface area contributed by atoms with E-state index in [2.05, 4.69) is 15.0 Å². The molecule has 1 fully saturated rings. The number of benzene rings is 2. The van der Waals surface area contributed by atoms with Crippen molar-refractivity contribution in [3.8, 4) is 0 Å². The van der Waals surface area contributed by atoms with Crippen LogP contribution in [0.1, 0.15) is 18.4 Å². The molecule has 1 aromatic heterocycles. The third kappa shape index (κ3) is 3.91. The highest BCUT2D eigenvalue weighted by atomic mass is 35.5. The van der Waals surface area contributed by atoms with Gasteiger partial charge in [0, 0.05) is 31.9 Å². The zero-order chi connectivity index (χ0) is 23.2. The van der Waals surface area contributed by atoms with Crippen molar-refractivity contribution < 1.29 is 17.2 Å². The van der Waals surface area contributed by atoms with Crippen LogP contribution in [-0.4, -0.2) is 35.4 Å². The smallest absolute Gasteiger partial charge is 0.301 e. The maximum absolute atomic E-state index is 14.7. The minimum absolute atomic E-state index is 0.294. The van der Waals surface area contributed by atoms with Crippen LogP contribution in [0.15, 0.2) is 29.3 Å². The molecule has 2 heterocycles. The quantitative estimate of drug-likeness (QED) is 0.540. The fraction of sp³-hybridized carbons (Fsp3) is 0.300. The van der Waals surface area contributed by atoms with Crippen molar-refractivity contribution in [1.29, 1.82) is 0 Å². The van der Waals surface area contributed by atoms with E-state index < -0.39 is 27.5 Å². The summed E-state index contributed by atoms with van der Waals surface area (Å²) in [5, 5.41) is 2.68. The van der Waals surface area contributed by atoms with Crippen molar-refractivity contribution in [2.75, 3.05) is 23.1 Å². The first kappa shape index (κ1) is 22.4. The Morgan fingerprint density at radius 3 is 2.53 bits per heavy atom. The molecular formula is C20H20ClF2N5O3S. The molecule has 4 rings (SSSR count). The summed E-state index contributed by atoms with van der Waals surface area (Å²) in [4.78, 5) is 16.7. The molecule has 2 aromatic carbocycles. The average Bonchev–Trinajstić information content (AvgIpc) is 3.29. The second-order valence-electron chi connectivity index (χ2n) is 7.54. The Hall–Kier alpha value is -2.76. The summed E-state index contributed by atoms with van der Waals surface area (Å²) in [6.45, 7) is 2.30. The Morgan fingerprint density at radius 2 is 1.84 bits per heavy atom. The Balaban J connectivity index is 1.77. The molecule has 0 radical (unpaired) electrons. The zero-order valence-corrected chi connectivity index (χ0v) is 18.8. The van der Waals surface area contributed by atoms with Gasteiger partial charge < -0.3 is 9.88 Å². The van der Waals surface area contributed by atoms with E-state index in [0.29, 0.717) is 41.3 Å². The summed E-state index contributed by atoms with van der Waals surface area (Å²) in [6.07, 6.45) is 2.82. The number of halogens is 3. The van der Waals surface area contributed by atoms with Gasteiger partial charge in [-0.1, -0.05) is 11.6 Å². The molecule has 0 aliphatic carbocycles. The third-order valence-corrected chi connectivity index (χ3v) is 7.32. The number of aryl methyl sites for hydroxylation is 2. The Kier molecular flexibility index (Phi) is 5.82. The van der Waals surface area contributed by atoms with Crippen LogP contribution in [-0.2, 0) is 17.3 Å². The molecule has 3 aromatic rings. The first-order chi connectivity index (χ1) is 15.1. The van der Waals surface area contributed by atoms with E-state index >= 15 is 0 Å². The van der Waals surface area contributed by atoms with Gasteiger partial charge in [0.1, 0.15) is 0 Å². The van der Waals surface area contributed by atoms with Crippen molar-refractivity contribution in [3.63, 3.8) is 0 Å². The maximum atomic E-state index is 14.7. The summed E-state index contributed by atoms with van der Waals surface area (Å²) in [6, 6.07) is 3.82.